The molecule has 26 heavy (non-hydrogen) atoms. The molecule has 0 atom stereocenters. The average molecular weight is 366 g/mol. The molecule has 1 saturated heterocycles. The van der Waals surface area contributed by atoms with Crippen LogP contribution in [0.5, 0.6) is 5.75 Å². The van der Waals surface area contributed by atoms with E-state index in [9.17, 15) is 4.79 Å². The van der Waals surface area contributed by atoms with Crippen LogP contribution in [0.25, 0.3) is 6.08 Å². The zero-order valence-corrected chi connectivity index (χ0v) is 15.8. The number of rotatable bonds is 6. The second-order valence-electron chi connectivity index (χ2n) is 6.26. The lowest BCUT2D eigenvalue weighted by atomic mass is 10.1. The zero-order chi connectivity index (χ0) is 18.5. The third-order valence-electron chi connectivity index (χ3n) is 4.14. The molecule has 0 saturated carbocycles. The fourth-order valence-corrected chi connectivity index (χ4v) is 3.01. The van der Waals surface area contributed by atoms with Crippen molar-refractivity contribution in [1.82, 2.24) is 10.2 Å². The van der Waals surface area contributed by atoms with Crippen LogP contribution in [-0.4, -0.2) is 22.5 Å². The fraction of sp³-hybridized carbons (Fsp3) is 0.238. The first-order chi connectivity index (χ1) is 12.6. The Hall–Kier alpha value is -2.66. The summed E-state index contributed by atoms with van der Waals surface area (Å²) in [6.45, 7) is 5.17. The van der Waals surface area contributed by atoms with E-state index in [0.717, 1.165) is 23.3 Å². The van der Waals surface area contributed by atoms with E-state index in [1.807, 2.05) is 31.2 Å². The molecule has 1 heterocycles. The van der Waals surface area contributed by atoms with Crippen LogP contribution in [0.15, 0.2) is 54.2 Å². The van der Waals surface area contributed by atoms with Gasteiger partial charge < -0.3 is 10.1 Å². The van der Waals surface area contributed by atoms with E-state index in [1.165, 1.54) is 5.56 Å². The molecular weight excluding hydrogens is 344 g/mol. The minimum atomic E-state index is -0.0924. The number of aryl methyl sites for hydroxylation is 1. The van der Waals surface area contributed by atoms with Gasteiger partial charge in [0.25, 0.3) is 5.91 Å². The van der Waals surface area contributed by atoms with Gasteiger partial charge in [0, 0.05) is 12.1 Å². The molecule has 0 unspecified atom stereocenters. The second-order valence-corrected chi connectivity index (χ2v) is 6.64. The van der Waals surface area contributed by atoms with Crippen LogP contribution in [-0.2, 0) is 11.4 Å². The first-order valence-electron chi connectivity index (χ1n) is 8.70. The maximum absolute atomic E-state index is 12.5. The number of carbonyl (C=O) groups is 1. The molecule has 1 aliphatic rings. The summed E-state index contributed by atoms with van der Waals surface area (Å²) < 4.78 is 5.98. The smallest absolute Gasteiger partial charge is 0.276 e. The number of ether oxygens (including phenoxy) is 1. The highest BCUT2D eigenvalue weighted by Gasteiger charge is 2.29. The molecular formula is C21H22N2O2S. The molecule has 2 aromatic rings. The number of benzene rings is 2. The van der Waals surface area contributed by atoms with Gasteiger partial charge in [0.15, 0.2) is 5.11 Å². The summed E-state index contributed by atoms with van der Waals surface area (Å²) in [5.41, 5.74) is 3.65. The highest BCUT2D eigenvalue weighted by atomic mass is 32.1. The van der Waals surface area contributed by atoms with Gasteiger partial charge in [-0.3, -0.25) is 9.69 Å². The number of hydrogen-bond donors (Lipinski definition) is 1. The Morgan fingerprint density at radius 2 is 1.88 bits per heavy atom. The summed E-state index contributed by atoms with van der Waals surface area (Å²) in [5, 5.41) is 3.47. The molecule has 1 aliphatic heterocycles. The first-order valence-corrected chi connectivity index (χ1v) is 9.11. The number of thiocarbonyl (C=S) groups is 1. The Labute approximate surface area is 159 Å². The highest BCUT2D eigenvalue weighted by molar-refractivity contribution is 7.80. The monoisotopic (exact) mass is 366 g/mol. The SMILES string of the molecule is CCCN1C(=O)C(=Cc2ccccc2OCc2ccc(C)cc2)NC1=S. The van der Waals surface area contributed by atoms with Crippen LogP contribution in [0.1, 0.15) is 30.0 Å². The summed E-state index contributed by atoms with van der Waals surface area (Å²) in [6.07, 6.45) is 2.66. The molecule has 134 valence electrons. The van der Waals surface area contributed by atoms with Gasteiger partial charge in [0.1, 0.15) is 18.1 Å². The highest BCUT2D eigenvalue weighted by Crippen LogP contribution is 2.24. The predicted molar refractivity (Wildman–Crippen MR) is 108 cm³/mol. The summed E-state index contributed by atoms with van der Waals surface area (Å²) in [5.74, 6) is 0.639. The van der Waals surface area contributed by atoms with E-state index in [-0.39, 0.29) is 5.91 Å². The summed E-state index contributed by atoms with van der Waals surface area (Å²) in [4.78, 5) is 14.1. The van der Waals surface area contributed by atoms with E-state index in [1.54, 1.807) is 11.0 Å². The van der Waals surface area contributed by atoms with Gasteiger partial charge in [-0.2, -0.15) is 0 Å². The molecule has 1 amide bonds. The van der Waals surface area contributed by atoms with Gasteiger partial charge in [-0.05, 0) is 43.3 Å². The van der Waals surface area contributed by atoms with E-state index in [2.05, 4.69) is 36.5 Å². The first kappa shape index (κ1) is 18.1. The van der Waals surface area contributed by atoms with Crippen LogP contribution < -0.4 is 10.1 Å². The van der Waals surface area contributed by atoms with Crippen molar-refractivity contribution in [2.45, 2.75) is 26.9 Å². The van der Waals surface area contributed by atoms with Crippen LogP contribution in [0.4, 0.5) is 0 Å². The third-order valence-corrected chi connectivity index (χ3v) is 4.47. The normalized spacial score (nSPS) is 15.5. The molecule has 3 rings (SSSR count). The van der Waals surface area contributed by atoms with Gasteiger partial charge in [-0.15, -0.1) is 0 Å². The number of nitrogens with one attached hydrogen (secondary N) is 1. The van der Waals surface area contributed by atoms with E-state index >= 15 is 0 Å². The van der Waals surface area contributed by atoms with Gasteiger partial charge in [0.05, 0.1) is 0 Å². The van der Waals surface area contributed by atoms with Crippen molar-refractivity contribution in [3.8, 4) is 5.75 Å². The van der Waals surface area contributed by atoms with Crippen molar-refractivity contribution in [2.75, 3.05) is 6.54 Å². The number of nitrogens with zero attached hydrogens (tertiary/aromatic N) is 1. The van der Waals surface area contributed by atoms with Crippen LogP contribution in [0.3, 0.4) is 0 Å². The van der Waals surface area contributed by atoms with Crippen molar-refractivity contribution in [1.29, 1.82) is 0 Å². The molecule has 4 nitrogen and oxygen atoms in total. The van der Waals surface area contributed by atoms with Crippen molar-refractivity contribution < 1.29 is 9.53 Å². The van der Waals surface area contributed by atoms with Crippen LogP contribution >= 0.6 is 12.2 Å². The molecule has 0 spiro atoms. The minimum absolute atomic E-state index is 0.0924. The van der Waals surface area contributed by atoms with E-state index in [4.69, 9.17) is 17.0 Å². The fourth-order valence-electron chi connectivity index (χ4n) is 2.73. The zero-order valence-electron chi connectivity index (χ0n) is 15.0. The third kappa shape index (κ3) is 4.11. The Bertz CT molecular complexity index is 843. The molecule has 5 heteroatoms. The summed E-state index contributed by atoms with van der Waals surface area (Å²) >= 11 is 5.26. The average Bonchev–Trinajstić information content (AvgIpc) is 2.90. The molecule has 1 fully saturated rings. The van der Waals surface area contributed by atoms with Gasteiger partial charge in [0.2, 0.25) is 0 Å². The van der Waals surface area contributed by atoms with E-state index in [0.29, 0.717) is 24.0 Å². The van der Waals surface area contributed by atoms with Crippen molar-refractivity contribution in [3.05, 3.63) is 70.9 Å². The van der Waals surface area contributed by atoms with Crippen molar-refractivity contribution in [2.24, 2.45) is 0 Å². The van der Waals surface area contributed by atoms with Crippen molar-refractivity contribution >= 4 is 29.3 Å². The molecule has 0 bridgehead atoms. The Kier molecular flexibility index (Phi) is 5.68. The second kappa shape index (κ2) is 8.15. The Morgan fingerprint density at radius 1 is 1.15 bits per heavy atom. The Balaban J connectivity index is 1.78. The number of para-hydroxylation sites is 1. The number of carbonyl (C=O) groups excluding carboxylic acids is 1. The van der Waals surface area contributed by atoms with E-state index < -0.39 is 0 Å². The van der Waals surface area contributed by atoms with Crippen LogP contribution in [0, 0.1) is 6.92 Å². The van der Waals surface area contributed by atoms with Crippen molar-refractivity contribution in [3.63, 3.8) is 0 Å². The molecule has 0 radical (unpaired) electrons. The van der Waals surface area contributed by atoms with Gasteiger partial charge in [-0.25, -0.2) is 0 Å². The summed E-state index contributed by atoms with van der Waals surface area (Å²) in [7, 11) is 0. The maximum Gasteiger partial charge on any atom is 0.276 e. The molecule has 2 aromatic carbocycles. The minimum Gasteiger partial charge on any atom is -0.488 e. The lowest BCUT2D eigenvalue weighted by molar-refractivity contribution is -0.122. The number of hydrogen-bond acceptors (Lipinski definition) is 3. The van der Waals surface area contributed by atoms with Crippen LogP contribution in [0.2, 0.25) is 0 Å². The molecule has 1 N–H and O–H groups in total. The predicted octanol–water partition coefficient (Wildman–Crippen LogP) is 4.04. The topological polar surface area (TPSA) is 41.6 Å². The largest absolute Gasteiger partial charge is 0.488 e. The maximum atomic E-state index is 12.5. The van der Waals surface area contributed by atoms with Gasteiger partial charge >= 0.3 is 0 Å². The quantitative estimate of drug-likeness (QED) is 0.619. The Morgan fingerprint density at radius 3 is 2.62 bits per heavy atom. The standard InChI is InChI=1S/C21H22N2O2S/c1-3-12-23-20(24)18(22-21(23)26)13-17-6-4-5-7-19(17)25-14-16-10-8-15(2)9-11-16/h4-11,13H,3,12,14H2,1-2H3,(H,22,26). The molecule has 0 aromatic heterocycles. The number of amides is 1. The molecule has 0 aliphatic carbocycles. The lowest BCUT2D eigenvalue weighted by Gasteiger charge is -2.11. The lowest BCUT2D eigenvalue weighted by Crippen LogP contribution is -2.31. The van der Waals surface area contributed by atoms with Gasteiger partial charge in [-0.1, -0.05) is 55.0 Å². The summed E-state index contributed by atoms with van der Waals surface area (Å²) in [6, 6.07) is 15.9.